The van der Waals surface area contributed by atoms with Crippen LogP contribution in [0.15, 0.2) is 73.4 Å². The third-order valence-corrected chi connectivity index (χ3v) is 4.20. The Labute approximate surface area is 186 Å². The van der Waals surface area contributed by atoms with Gasteiger partial charge in [-0.2, -0.15) is 0 Å². The van der Waals surface area contributed by atoms with E-state index in [1.165, 1.54) is 0 Å². The molecule has 2 unspecified atom stereocenters. The minimum Gasteiger partial charge on any atom is -0.479 e. The number of imidazole rings is 1. The summed E-state index contributed by atoms with van der Waals surface area (Å²) in [6.07, 6.45) is 2.79. The lowest BCUT2D eigenvalue weighted by molar-refractivity contribution is -0.165. The second kappa shape index (κ2) is 12.0. The molecule has 0 aliphatic carbocycles. The number of benzene rings is 2. The number of aromatic nitrogens is 4. The van der Waals surface area contributed by atoms with E-state index in [4.69, 9.17) is 20.4 Å². The lowest BCUT2D eigenvalue weighted by Crippen LogP contribution is -2.39. The Balaban J connectivity index is 0.000000395. The molecule has 0 amide bonds. The van der Waals surface area contributed by atoms with Gasteiger partial charge >= 0.3 is 11.9 Å². The van der Waals surface area contributed by atoms with Crippen molar-refractivity contribution in [3.8, 4) is 17.1 Å². The van der Waals surface area contributed by atoms with Gasteiger partial charge in [0, 0.05) is 35.2 Å². The minimum absolute atomic E-state index is 0. The van der Waals surface area contributed by atoms with Gasteiger partial charge in [-0.25, -0.2) is 24.5 Å². The number of carboxylic acid groups (broad SMARTS) is 2. The van der Waals surface area contributed by atoms with Gasteiger partial charge < -0.3 is 35.9 Å². The highest BCUT2D eigenvalue weighted by atomic mass is 16.4. The molecule has 33 heavy (non-hydrogen) atoms. The fourth-order valence-corrected chi connectivity index (χ4v) is 2.59. The van der Waals surface area contributed by atoms with Gasteiger partial charge in [-0.1, -0.05) is 30.3 Å². The molecule has 4 aromatic rings. The Morgan fingerprint density at radius 3 is 2.09 bits per heavy atom. The Bertz CT molecular complexity index is 1170. The summed E-state index contributed by atoms with van der Waals surface area (Å²) in [6.45, 7) is 0. The van der Waals surface area contributed by atoms with Gasteiger partial charge in [-0.3, -0.25) is 0 Å². The van der Waals surface area contributed by atoms with Crippen LogP contribution in [0, 0.1) is 0 Å². The molecule has 12 nitrogen and oxygen atoms in total. The normalized spacial score (nSPS) is 11.7. The first-order valence-corrected chi connectivity index (χ1v) is 8.99. The maximum Gasteiger partial charge on any atom is 0.335 e. The monoisotopic (exact) mass is 458 g/mol. The van der Waals surface area contributed by atoms with Crippen molar-refractivity contribution in [2.75, 3.05) is 0 Å². The van der Waals surface area contributed by atoms with Crippen molar-refractivity contribution in [1.29, 1.82) is 0 Å². The number of carboxylic acids is 2. The van der Waals surface area contributed by atoms with Crippen LogP contribution in [0.5, 0.6) is 0 Å². The number of rotatable bonds is 5. The van der Waals surface area contributed by atoms with Crippen LogP contribution < -0.4 is 0 Å². The van der Waals surface area contributed by atoms with E-state index in [9.17, 15) is 9.59 Å². The van der Waals surface area contributed by atoms with Crippen molar-refractivity contribution in [2.45, 2.75) is 12.2 Å². The van der Waals surface area contributed by atoms with Gasteiger partial charge in [0.15, 0.2) is 18.0 Å². The molecule has 0 bridgehead atoms. The van der Waals surface area contributed by atoms with Gasteiger partial charge in [0.05, 0.1) is 11.8 Å². The minimum atomic E-state index is -2.27. The molecule has 174 valence electrons. The molecule has 2 aromatic heterocycles. The van der Waals surface area contributed by atoms with E-state index in [0.29, 0.717) is 0 Å². The Morgan fingerprint density at radius 1 is 0.909 bits per heavy atom. The highest BCUT2D eigenvalue weighted by molar-refractivity contribution is 5.83. The number of nitrogens with zero attached hydrogens (tertiary/aromatic N) is 4. The van der Waals surface area contributed by atoms with E-state index in [1.54, 1.807) is 12.5 Å². The third-order valence-electron chi connectivity index (χ3n) is 4.20. The number of aliphatic hydroxyl groups is 2. The van der Waals surface area contributed by atoms with E-state index < -0.39 is 24.1 Å². The van der Waals surface area contributed by atoms with Gasteiger partial charge in [-0.15, -0.1) is 0 Å². The predicted molar refractivity (Wildman–Crippen MR) is 117 cm³/mol. The topological polar surface area (TPSA) is 222 Å². The van der Waals surface area contributed by atoms with Gasteiger partial charge in [-0.05, 0) is 18.2 Å². The zero-order chi connectivity index (χ0) is 22.4. The summed E-state index contributed by atoms with van der Waals surface area (Å²) >= 11 is 0. The van der Waals surface area contributed by atoms with Crippen molar-refractivity contribution < 1.29 is 41.0 Å². The molecule has 0 aliphatic rings. The number of aliphatic carboxylic acids is 2. The summed E-state index contributed by atoms with van der Waals surface area (Å²) in [5, 5.41) is 33.5. The molecule has 0 saturated heterocycles. The van der Waals surface area contributed by atoms with Crippen LogP contribution in [0.4, 0.5) is 0 Å². The molecule has 0 fully saturated rings. The quantitative estimate of drug-likeness (QED) is 0.308. The van der Waals surface area contributed by atoms with E-state index in [0.717, 1.165) is 28.0 Å². The van der Waals surface area contributed by atoms with E-state index in [-0.39, 0.29) is 11.0 Å². The molecule has 0 radical (unpaired) electrons. The SMILES string of the molecule is O.O.O=C(O)C(O)C(O)C(=O)O.c1ccc(-c2ncc3cc(-n4ccnc4)ccc3n2)cc1. The van der Waals surface area contributed by atoms with Crippen LogP contribution >= 0.6 is 0 Å². The van der Waals surface area contributed by atoms with Crippen molar-refractivity contribution in [2.24, 2.45) is 0 Å². The Morgan fingerprint density at radius 2 is 1.55 bits per heavy atom. The van der Waals surface area contributed by atoms with Crippen LogP contribution in [0.2, 0.25) is 0 Å². The maximum absolute atomic E-state index is 9.77. The van der Waals surface area contributed by atoms with Crippen LogP contribution in [0.3, 0.4) is 0 Å². The third kappa shape index (κ3) is 6.62. The smallest absolute Gasteiger partial charge is 0.335 e. The first-order chi connectivity index (χ1) is 14.9. The standard InChI is InChI=1S/C17H12N4.C4H6O6.2H2O/c1-2-4-13(5-3-1)17-19-11-14-10-15(6-7-16(14)20-17)21-9-8-18-12-21;5-1(3(7)8)2(6)4(9)10;;/h1-12H;1-2,5-6H,(H,7,8)(H,9,10);2*1H2. The largest absolute Gasteiger partial charge is 0.479 e. The van der Waals surface area contributed by atoms with Crippen molar-refractivity contribution in [1.82, 2.24) is 19.5 Å². The molecular weight excluding hydrogens is 436 g/mol. The summed E-state index contributed by atoms with van der Waals surface area (Å²) in [4.78, 5) is 32.7. The zero-order valence-electron chi connectivity index (χ0n) is 17.0. The van der Waals surface area contributed by atoms with Crippen molar-refractivity contribution in [3.05, 3.63) is 73.4 Å². The fraction of sp³-hybridized carbons (Fsp3) is 0.0952. The number of fused-ring (bicyclic) bond motifs is 1. The van der Waals surface area contributed by atoms with E-state index >= 15 is 0 Å². The summed E-state index contributed by atoms with van der Waals surface area (Å²) in [5.74, 6) is -2.79. The summed E-state index contributed by atoms with van der Waals surface area (Å²) in [5.41, 5.74) is 3.02. The second-order valence-corrected chi connectivity index (χ2v) is 6.34. The number of hydrogen-bond acceptors (Lipinski definition) is 7. The predicted octanol–water partition coefficient (Wildman–Crippen LogP) is -0.290. The highest BCUT2D eigenvalue weighted by Gasteiger charge is 2.29. The Hall–Kier alpha value is -4.23. The van der Waals surface area contributed by atoms with Crippen molar-refractivity contribution >= 4 is 22.8 Å². The number of carbonyl (C=O) groups is 2. The summed E-state index contributed by atoms with van der Waals surface area (Å²) < 4.78 is 1.96. The first kappa shape index (κ1) is 26.8. The molecule has 12 heteroatoms. The second-order valence-electron chi connectivity index (χ2n) is 6.34. The van der Waals surface area contributed by atoms with Gasteiger partial charge in [0.25, 0.3) is 0 Å². The molecule has 0 saturated carbocycles. The van der Waals surface area contributed by atoms with Gasteiger partial charge in [0.2, 0.25) is 0 Å². The van der Waals surface area contributed by atoms with Crippen LogP contribution in [0.25, 0.3) is 28.0 Å². The lowest BCUT2D eigenvalue weighted by atomic mass is 10.2. The van der Waals surface area contributed by atoms with Crippen molar-refractivity contribution in [3.63, 3.8) is 0 Å². The van der Waals surface area contributed by atoms with Crippen LogP contribution in [0.1, 0.15) is 0 Å². The lowest BCUT2D eigenvalue weighted by Gasteiger charge is -2.07. The molecule has 4 rings (SSSR count). The van der Waals surface area contributed by atoms with E-state index in [2.05, 4.69) is 21.0 Å². The maximum atomic E-state index is 9.77. The molecule has 0 spiro atoms. The van der Waals surface area contributed by atoms with E-state index in [1.807, 2.05) is 59.4 Å². The summed E-state index contributed by atoms with van der Waals surface area (Å²) in [6, 6.07) is 16.1. The molecule has 2 heterocycles. The average Bonchev–Trinajstić information content (AvgIpc) is 3.33. The van der Waals surface area contributed by atoms with Crippen LogP contribution in [-0.2, 0) is 9.59 Å². The summed E-state index contributed by atoms with van der Waals surface area (Å²) in [7, 11) is 0. The average molecular weight is 458 g/mol. The first-order valence-electron chi connectivity index (χ1n) is 8.99. The zero-order valence-corrected chi connectivity index (χ0v) is 17.0. The van der Waals surface area contributed by atoms with Crippen LogP contribution in [-0.4, -0.2) is 75.0 Å². The molecule has 8 N–H and O–H groups in total. The molecule has 0 aliphatic heterocycles. The number of aliphatic hydroxyl groups excluding tert-OH is 2. The number of hydrogen-bond donors (Lipinski definition) is 4. The highest BCUT2D eigenvalue weighted by Crippen LogP contribution is 2.20. The fourth-order valence-electron chi connectivity index (χ4n) is 2.59. The van der Waals surface area contributed by atoms with Gasteiger partial charge in [0.1, 0.15) is 0 Å². The molecular formula is C21H22N4O8. The molecule has 2 aromatic carbocycles. The molecule has 2 atom stereocenters. The Kier molecular flexibility index (Phi) is 9.72.